The van der Waals surface area contributed by atoms with Crippen LogP contribution in [0.1, 0.15) is 44.2 Å². The molecule has 1 saturated heterocycles. The van der Waals surface area contributed by atoms with Crippen LogP contribution < -0.4 is 0 Å². The Kier molecular flexibility index (Phi) is 3.96. The zero-order valence-electron chi connectivity index (χ0n) is 12.8. The van der Waals surface area contributed by atoms with Crippen LogP contribution in [0.25, 0.3) is 11.4 Å². The number of hydrogen-bond donors (Lipinski definition) is 0. The van der Waals surface area contributed by atoms with Gasteiger partial charge in [-0.1, -0.05) is 5.16 Å². The quantitative estimate of drug-likeness (QED) is 0.863. The van der Waals surface area contributed by atoms with Crippen LogP contribution in [-0.2, 0) is 0 Å². The van der Waals surface area contributed by atoms with Gasteiger partial charge in [-0.05, 0) is 39.8 Å². The third-order valence-corrected chi connectivity index (χ3v) is 4.16. The molecule has 112 valence electrons. The fourth-order valence-electron chi connectivity index (χ4n) is 2.93. The summed E-state index contributed by atoms with van der Waals surface area (Å²) in [6.07, 6.45) is 5.63. The Hall–Kier alpha value is -1.82. The molecule has 1 aliphatic heterocycles. The van der Waals surface area contributed by atoms with Crippen molar-refractivity contribution >= 4 is 0 Å². The van der Waals surface area contributed by atoms with Crippen molar-refractivity contribution in [1.82, 2.24) is 25.0 Å². The normalized spacial score (nSPS) is 17.5. The van der Waals surface area contributed by atoms with Gasteiger partial charge in [0.05, 0.1) is 11.3 Å². The summed E-state index contributed by atoms with van der Waals surface area (Å²) in [4.78, 5) is 15.5. The molecule has 0 radical (unpaired) electrons. The molecular formula is C15H21N5O. The summed E-state index contributed by atoms with van der Waals surface area (Å²) < 4.78 is 5.08. The van der Waals surface area contributed by atoms with Gasteiger partial charge in [-0.3, -0.25) is 0 Å². The lowest BCUT2D eigenvalue weighted by molar-refractivity contribution is 0.171. The third-order valence-electron chi connectivity index (χ3n) is 4.16. The van der Waals surface area contributed by atoms with Crippen molar-refractivity contribution in [3.8, 4) is 11.4 Å². The van der Waals surface area contributed by atoms with Gasteiger partial charge in [-0.2, -0.15) is 4.98 Å². The molecule has 0 bridgehead atoms. The summed E-state index contributed by atoms with van der Waals surface area (Å²) in [5, 5.41) is 4.01. The number of piperidine rings is 1. The predicted molar refractivity (Wildman–Crippen MR) is 78.7 cm³/mol. The predicted octanol–water partition coefficient (Wildman–Crippen LogP) is 2.42. The van der Waals surface area contributed by atoms with E-state index in [1.807, 2.05) is 0 Å². The van der Waals surface area contributed by atoms with Gasteiger partial charge in [-0.25, -0.2) is 9.97 Å². The van der Waals surface area contributed by atoms with Crippen molar-refractivity contribution in [2.75, 3.05) is 13.1 Å². The van der Waals surface area contributed by atoms with E-state index in [1.54, 1.807) is 19.4 Å². The number of rotatable bonds is 3. The summed E-state index contributed by atoms with van der Waals surface area (Å²) in [7, 11) is 0. The van der Waals surface area contributed by atoms with Crippen molar-refractivity contribution in [3.05, 3.63) is 24.1 Å². The van der Waals surface area contributed by atoms with Crippen molar-refractivity contribution in [1.29, 1.82) is 0 Å². The standard InChI is InChI=1S/C15H21N5O/c1-10(2)20-6-4-12(5-7-20)14-13(8-16-9-17-14)15-18-11(3)21-19-15/h8-10,12H,4-7H2,1-3H3. The maximum atomic E-state index is 5.08. The van der Waals surface area contributed by atoms with Crippen LogP contribution in [0.5, 0.6) is 0 Å². The molecule has 21 heavy (non-hydrogen) atoms. The average molecular weight is 287 g/mol. The summed E-state index contributed by atoms with van der Waals surface area (Å²) >= 11 is 0. The number of aryl methyl sites for hydroxylation is 1. The van der Waals surface area contributed by atoms with Crippen molar-refractivity contribution in [2.24, 2.45) is 0 Å². The molecule has 3 rings (SSSR count). The maximum absolute atomic E-state index is 5.08. The smallest absolute Gasteiger partial charge is 0.223 e. The minimum absolute atomic E-state index is 0.441. The van der Waals surface area contributed by atoms with Crippen LogP contribution in [0.2, 0.25) is 0 Å². The van der Waals surface area contributed by atoms with Crippen LogP contribution in [0.4, 0.5) is 0 Å². The number of hydrogen-bond acceptors (Lipinski definition) is 6. The molecule has 0 saturated carbocycles. The molecule has 2 aromatic heterocycles. The van der Waals surface area contributed by atoms with E-state index in [0.717, 1.165) is 37.2 Å². The number of likely N-dealkylation sites (tertiary alicyclic amines) is 1. The van der Waals surface area contributed by atoms with E-state index in [-0.39, 0.29) is 0 Å². The highest BCUT2D eigenvalue weighted by Gasteiger charge is 2.26. The lowest BCUT2D eigenvalue weighted by atomic mass is 9.90. The van der Waals surface area contributed by atoms with E-state index in [0.29, 0.717) is 23.7 Å². The second kappa shape index (κ2) is 5.89. The first-order valence-corrected chi connectivity index (χ1v) is 7.49. The first-order chi connectivity index (χ1) is 10.1. The Morgan fingerprint density at radius 1 is 1.29 bits per heavy atom. The maximum Gasteiger partial charge on any atom is 0.223 e. The summed E-state index contributed by atoms with van der Waals surface area (Å²) in [5.41, 5.74) is 1.95. The average Bonchev–Trinajstić information content (AvgIpc) is 2.94. The van der Waals surface area contributed by atoms with Crippen LogP contribution in [0.15, 0.2) is 17.0 Å². The minimum atomic E-state index is 0.441. The first-order valence-electron chi connectivity index (χ1n) is 7.49. The van der Waals surface area contributed by atoms with Gasteiger partial charge >= 0.3 is 0 Å². The minimum Gasteiger partial charge on any atom is -0.339 e. The van der Waals surface area contributed by atoms with Gasteiger partial charge in [0.25, 0.3) is 0 Å². The zero-order valence-corrected chi connectivity index (χ0v) is 12.8. The van der Waals surface area contributed by atoms with Crippen molar-refractivity contribution in [3.63, 3.8) is 0 Å². The fraction of sp³-hybridized carbons (Fsp3) is 0.600. The first kappa shape index (κ1) is 14.1. The number of nitrogens with zero attached hydrogens (tertiary/aromatic N) is 5. The Bertz CT molecular complexity index is 602. The van der Waals surface area contributed by atoms with Crippen LogP contribution in [0, 0.1) is 6.92 Å². The van der Waals surface area contributed by atoms with Gasteiger partial charge in [0, 0.05) is 25.1 Å². The molecule has 1 aliphatic rings. The second-order valence-corrected chi connectivity index (χ2v) is 5.86. The Balaban J connectivity index is 1.83. The molecule has 0 aromatic carbocycles. The van der Waals surface area contributed by atoms with E-state index >= 15 is 0 Å². The van der Waals surface area contributed by atoms with Crippen LogP contribution in [0.3, 0.4) is 0 Å². The molecular weight excluding hydrogens is 266 g/mol. The van der Waals surface area contributed by atoms with Crippen molar-refractivity contribution in [2.45, 2.75) is 45.6 Å². The van der Waals surface area contributed by atoms with Gasteiger partial charge < -0.3 is 9.42 Å². The highest BCUT2D eigenvalue weighted by atomic mass is 16.5. The molecule has 0 N–H and O–H groups in total. The van der Waals surface area contributed by atoms with Crippen molar-refractivity contribution < 1.29 is 4.52 Å². The SMILES string of the molecule is Cc1nc(-c2cncnc2C2CCN(C(C)C)CC2)no1. The molecule has 2 aromatic rings. The monoisotopic (exact) mass is 287 g/mol. The van der Waals surface area contributed by atoms with Crippen LogP contribution >= 0.6 is 0 Å². The number of aromatic nitrogens is 4. The van der Waals surface area contributed by atoms with Gasteiger partial charge in [-0.15, -0.1) is 0 Å². The largest absolute Gasteiger partial charge is 0.339 e. The second-order valence-electron chi connectivity index (χ2n) is 5.86. The summed E-state index contributed by atoms with van der Waals surface area (Å²) in [6, 6.07) is 0.607. The molecule has 0 amide bonds. The van der Waals surface area contributed by atoms with E-state index in [9.17, 15) is 0 Å². The van der Waals surface area contributed by atoms with E-state index in [2.05, 4.69) is 38.9 Å². The van der Waals surface area contributed by atoms with E-state index in [1.165, 1.54) is 0 Å². The molecule has 0 aliphatic carbocycles. The fourth-order valence-corrected chi connectivity index (χ4v) is 2.93. The highest BCUT2D eigenvalue weighted by molar-refractivity contribution is 5.57. The lowest BCUT2D eigenvalue weighted by Crippen LogP contribution is -2.38. The Morgan fingerprint density at radius 3 is 2.67 bits per heavy atom. The molecule has 3 heterocycles. The third kappa shape index (κ3) is 2.95. The highest BCUT2D eigenvalue weighted by Crippen LogP contribution is 2.32. The van der Waals surface area contributed by atoms with E-state index < -0.39 is 0 Å². The van der Waals surface area contributed by atoms with Crippen LogP contribution in [-0.4, -0.2) is 44.1 Å². The molecule has 6 nitrogen and oxygen atoms in total. The topological polar surface area (TPSA) is 67.9 Å². The summed E-state index contributed by atoms with van der Waals surface area (Å²) in [5.74, 6) is 1.60. The molecule has 1 fully saturated rings. The zero-order chi connectivity index (χ0) is 14.8. The van der Waals surface area contributed by atoms with Gasteiger partial charge in [0.1, 0.15) is 6.33 Å². The van der Waals surface area contributed by atoms with E-state index in [4.69, 9.17) is 4.52 Å². The molecule has 0 spiro atoms. The molecule has 0 atom stereocenters. The lowest BCUT2D eigenvalue weighted by Gasteiger charge is -2.34. The Labute approximate surface area is 124 Å². The Morgan fingerprint density at radius 2 is 2.05 bits per heavy atom. The molecule has 6 heteroatoms. The van der Waals surface area contributed by atoms with Gasteiger partial charge in [0.15, 0.2) is 0 Å². The van der Waals surface area contributed by atoms with Gasteiger partial charge in [0.2, 0.25) is 11.7 Å². The summed E-state index contributed by atoms with van der Waals surface area (Å²) in [6.45, 7) is 8.51. The molecule has 0 unspecified atom stereocenters.